The minimum Gasteiger partial charge on any atom is -0.359 e. The fourth-order valence-electron chi connectivity index (χ4n) is 4.43. The Labute approximate surface area is 228 Å². The standard InChI is InChI=1S/C26H27Cl2N5O3S/c1-33(2)13-22(34)31-15-5-6-16(18(27)9-15)20-10-17-23(19(28)11-29-24(17)32-20)21-12-30-25(37-21)26(7-4-8-26)36-14-35-3/h5-6,9-12H,4,7-8,13-14H2,1-3H3,(H,29,32)(H,31,34). The summed E-state index contributed by atoms with van der Waals surface area (Å²) in [5.41, 5.74) is 3.39. The van der Waals surface area contributed by atoms with Gasteiger partial charge in [-0.3, -0.25) is 4.79 Å². The second kappa shape index (κ2) is 10.7. The van der Waals surface area contributed by atoms with Crippen molar-refractivity contribution in [1.29, 1.82) is 0 Å². The summed E-state index contributed by atoms with van der Waals surface area (Å²) >= 11 is 14.9. The Morgan fingerprint density at radius 1 is 1.19 bits per heavy atom. The topological polar surface area (TPSA) is 92.4 Å². The molecule has 0 atom stereocenters. The molecular weight excluding hydrogens is 533 g/mol. The van der Waals surface area contributed by atoms with E-state index in [0.29, 0.717) is 21.4 Å². The van der Waals surface area contributed by atoms with Crippen molar-refractivity contribution in [2.75, 3.05) is 39.9 Å². The van der Waals surface area contributed by atoms with Gasteiger partial charge in [-0.1, -0.05) is 23.2 Å². The molecule has 0 bridgehead atoms. The predicted molar refractivity (Wildman–Crippen MR) is 148 cm³/mol. The fraction of sp³-hybridized carbons (Fsp3) is 0.346. The third kappa shape index (κ3) is 5.25. The zero-order valence-electron chi connectivity index (χ0n) is 20.7. The molecular formula is C26H27Cl2N5O3S. The molecule has 37 heavy (non-hydrogen) atoms. The number of carbonyl (C=O) groups is 1. The van der Waals surface area contributed by atoms with Gasteiger partial charge in [0.05, 0.1) is 21.5 Å². The maximum absolute atomic E-state index is 12.1. The Balaban J connectivity index is 1.47. The monoisotopic (exact) mass is 559 g/mol. The normalized spacial score (nSPS) is 14.8. The first-order chi connectivity index (χ1) is 17.8. The molecule has 5 rings (SSSR count). The van der Waals surface area contributed by atoms with Crippen molar-refractivity contribution >= 4 is 57.2 Å². The van der Waals surface area contributed by atoms with Gasteiger partial charge < -0.3 is 24.7 Å². The maximum Gasteiger partial charge on any atom is 0.238 e. The van der Waals surface area contributed by atoms with E-state index in [9.17, 15) is 4.79 Å². The van der Waals surface area contributed by atoms with Gasteiger partial charge in [0.25, 0.3) is 0 Å². The second-order valence-electron chi connectivity index (χ2n) is 9.34. The van der Waals surface area contributed by atoms with Gasteiger partial charge in [0.2, 0.25) is 5.91 Å². The second-order valence-corrected chi connectivity index (χ2v) is 11.2. The van der Waals surface area contributed by atoms with E-state index in [4.69, 9.17) is 37.7 Å². The van der Waals surface area contributed by atoms with Crippen molar-refractivity contribution in [3.05, 3.63) is 51.7 Å². The molecule has 0 spiro atoms. The van der Waals surface area contributed by atoms with E-state index in [0.717, 1.165) is 51.4 Å². The van der Waals surface area contributed by atoms with E-state index in [1.54, 1.807) is 35.6 Å². The van der Waals surface area contributed by atoms with Crippen LogP contribution in [0, 0.1) is 0 Å². The van der Waals surface area contributed by atoms with Crippen molar-refractivity contribution in [2.45, 2.75) is 24.9 Å². The fourth-order valence-corrected chi connectivity index (χ4v) is 6.22. The molecule has 0 radical (unpaired) electrons. The summed E-state index contributed by atoms with van der Waals surface area (Å²) in [5, 5.41) is 5.71. The molecule has 1 fully saturated rings. The SMILES string of the molecule is COCOC1(c2ncc(-c3c(Cl)cnc4[nH]c(-c5ccc(NC(=O)CN(C)C)cc5Cl)cc34)s2)CCC1. The zero-order chi connectivity index (χ0) is 26.2. The van der Waals surface area contributed by atoms with Gasteiger partial charge in [-0.05, 0) is 57.6 Å². The van der Waals surface area contributed by atoms with Crippen LogP contribution >= 0.6 is 34.5 Å². The van der Waals surface area contributed by atoms with Gasteiger partial charge in [-0.25, -0.2) is 9.97 Å². The van der Waals surface area contributed by atoms with Gasteiger partial charge in [-0.2, -0.15) is 0 Å². The number of methoxy groups -OCH3 is 1. The van der Waals surface area contributed by atoms with E-state index in [1.807, 2.05) is 38.5 Å². The molecule has 11 heteroatoms. The number of thiazole rings is 1. The number of likely N-dealkylation sites (N-methyl/N-ethyl adjacent to an activating group) is 1. The maximum atomic E-state index is 12.1. The molecule has 194 valence electrons. The van der Waals surface area contributed by atoms with Crippen LogP contribution in [0.1, 0.15) is 24.3 Å². The molecule has 0 saturated heterocycles. The molecule has 1 saturated carbocycles. The molecule has 1 aliphatic carbocycles. The summed E-state index contributed by atoms with van der Waals surface area (Å²) in [6.07, 6.45) is 6.42. The van der Waals surface area contributed by atoms with Crippen LogP contribution in [0.3, 0.4) is 0 Å². The first-order valence-corrected chi connectivity index (χ1v) is 13.4. The highest BCUT2D eigenvalue weighted by Gasteiger charge is 2.43. The molecule has 3 aromatic heterocycles. The number of benzene rings is 1. The van der Waals surface area contributed by atoms with Gasteiger partial charge in [-0.15, -0.1) is 11.3 Å². The number of H-pyrrole nitrogens is 1. The van der Waals surface area contributed by atoms with Crippen LogP contribution in [0.15, 0.2) is 36.7 Å². The number of hydrogen-bond donors (Lipinski definition) is 2. The van der Waals surface area contributed by atoms with Crippen LogP contribution in [0.5, 0.6) is 0 Å². The lowest BCUT2D eigenvalue weighted by atomic mass is 9.80. The third-order valence-electron chi connectivity index (χ3n) is 6.37. The summed E-state index contributed by atoms with van der Waals surface area (Å²) in [5.74, 6) is -0.108. The summed E-state index contributed by atoms with van der Waals surface area (Å²) < 4.78 is 11.2. The number of halogens is 2. The van der Waals surface area contributed by atoms with E-state index in [2.05, 4.69) is 15.3 Å². The lowest BCUT2D eigenvalue weighted by Crippen LogP contribution is -2.37. The largest absolute Gasteiger partial charge is 0.359 e. The Morgan fingerprint density at radius 3 is 2.68 bits per heavy atom. The summed E-state index contributed by atoms with van der Waals surface area (Å²) in [7, 11) is 5.30. The molecule has 4 aromatic rings. The number of aromatic amines is 1. The number of nitrogens with zero attached hydrogens (tertiary/aromatic N) is 3. The van der Waals surface area contributed by atoms with Crippen molar-refractivity contribution < 1.29 is 14.3 Å². The highest BCUT2D eigenvalue weighted by atomic mass is 35.5. The van der Waals surface area contributed by atoms with E-state index >= 15 is 0 Å². The molecule has 8 nitrogen and oxygen atoms in total. The average Bonchev–Trinajstić information content (AvgIpc) is 3.46. The highest BCUT2D eigenvalue weighted by Crippen LogP contribution is 2.48. The van der Waals surface area contributed by atoms with E-state index < -0.39 is 5.60 Å². The van der Waals surface area contributed by atoms with Crippen LogP contribution in [-0.2, 0) is 19.9 Å². The van der Waals surface area contributed by atoms with E-state index in [1.165, 1.54) is 0 Å². The minimum atomic E-state index is -0.391. The van der Waals surface area contributed by atoms with Gasteiger partial charge in [0.15, 0.2) is 0 Å². The van der Waals surface area contributed by atoms with Crippen LogP contribution < -0.4 is 5.32 Å². The van der Waals surface area contributed by atoms with Gasteiger partial charge in [0, 0.05) is 47.4 Å². The third-order valence-corrected chi connectivity index (χ3v) is 8.17. The summed E-state index contributed by atoms with van der Waals surface area (Å²) in [6.45, 7) is 0.519. The molecule has 1 aliphatic rings. The molecule has 0 unspecified atom stereocenters. The number of pyridine rings is 1. The quantitative estimate of drug-likeness (QED) is 0.238. The van der Waals surface area contributed by atoms with Gasteiger partial charge in [0.1, 0.15) is 23.0 Å². The van der Waals surface area contributed by atoms with Crippen molar-refractivity contribution in [2.24, 2.45) is 0 Å². The molecule has 1 aromatic carbocycles. The highest BCUT2D eigenvalue weighted by molar-refractivity contribution is 7.15. The predicted octanol–water partition coefficient (Wildman–Crippen LogP) is 6.16. The first kappa shape index (κ1) is 26.1. The number of anilines is 1. The Hall–Kier alpha value is -2.53. The molecule has 3 heterocycles. The molecule has 1 amide bonds. The number of amides is 1. The Bertz CT molecular complexity index is 1450. The lowest BCUT2D eigenvalue weighted by Gasteiger charge is -2.39. The van der Waals surface area contributed by atoms with Crippen molar-refractivity contribution in [1.82, 2.24) is 19.9 Å². The smallest absolute Gasteiger partial charge is 0.238 e. The number of rotatable bonds is 9. The molecule has 2 N–H and O–H groups in total. The number of aromatic nitrogens is 3. The lowest BCUT2D eigenvalue weighted by molar-refractivity contribution is -0.171. The number of hydrogen-bond acceptors (Lipinski definition) is 7. The summed E-state index contributed by atoms with van der Waals surface area (Å²) in [6, 6.07) is 7.44. The van der Waals surface area contributed by atoms with Crippen LogP contribution in [0.4, 0.5) is 5.69 Å². The van der Waals surface area contributed by atoms with E-state index in [-0.39, 0.29) is 19.2 Å². The van der Waals surface area contributed by atoms with Crippen LogP contribution in [0.2, 0.25) is 10.0 Å². The van der Waals surface area contributed by atoms with Crippen molar-refractivity contribution in [3.63, 3.8) is 0 Å². The van der Waals surface area contributed by atoms with Gasteiger partial charge >= 0.3 is 0 Å². The van der Waals surface area contributed by atoms with Crippen LogP contribution in [0.25, 0.3) is 32.7 Å². The number of ether oxygens (including phenoxy) is 2. The number of carbonyl (C=O) groups excluding carboxylic acids is 1. The zero-order valence-corrected chi connectivity index (χ0v) is 23.1. The minimum absolute atomic E-state index is 0.108. The molecule has 0 aliphatic heterocycles. The van der Waals surface area contributed by atoms with Crippen LogP contribution in [-0.4, -0.2) is 60.3 Å². The number of nitrogens with one attached hydrogen (secondary N) is 2. The Morgan fingerprint density at radius 2 is 2.00 bits per heavy atom. The average molecular weight is 561 g/mol. The van der Waals surface area contributed by atoms with Crippen molar-refractivity contribution in [3.8, 4) is 21.7 Å². The Kier molecular flexibility index (Phi) is 7.53. The first-order valence-electron chi connectivity index (χ1n) is 11.8. The summed E-state index contributed by atoms with van der Waals surface area (Å²) in [4.78, 5) is 27.4. The number of fused-ring (bicyclic) bond motifs is 1.